The van der Waals surface area contributed by atoms with Crippen molar-refractivity contribution < 1.29 is 9.18 Å². The Hall–Kier alpha value is -2.46. The number of rotatable bonds is 3. The number of carbonyl (C=O) groups is 1. The average molecular weight is 315 g/mol. The molecule has 0 aliphatic carbocycles. The van der Waals surface area contributed by atoms with Gasteiger partial charge in [-0.1, -0.05) is 35.9 Å². The first-order valence-corrected chi connectivity index (χ1v) is 7.08. The summed E-state index contributed by atoms with van der Waals surface area (Å²) < 4.78 is 12.9. The minimum absolute atomic E-state index is 0.256. The number of aliphatic imine (C=N–C) groups is 1. The highest BCUT2D eigenvalue weighted by Gasteiger charge is 2.19. The van der Waals surface area contributed by atoms with Crippen molar-refractivity contribution in [2.24, 2.45) is 4.99 Å². The summed E-state index contributed by atoms with van der Waals surface area (Å²) in [6.45, 7) is 0. The molecule has 2 aromatic carbocycles. The summed E-state index contributed by atoms with van der Waals surface area (Å²) in [5.41, 5.74) is 2.05. The van der Waals surface area contributed by atoms with Gasteiger partial charge in [-0.05, 0) is 41.5 Å². The zero-order chi connectivity index (χ0) is 15.5. The van der Waals surface area contributed by atoms with E-state index in [1.165, 1.54) is 12.1 Å². The normalized spacial score (nSPS) is 15.8. The van der Waals surface area contributed by atoms with Crippen LogP contribution in [-0.2, 0) is 11.2 Å². The van der Waals surface area contributed by atoms with Crippen LogP contribution in [0.15, 0.2) is 59.2 Å². The Bertz CT molecular complexity index is 764. The van der Waals surface area contributed by atoms with Crippen LogP contribution in [0.4, 0.5) is 4.39 Å². The Kier molecular flexibility index (Phi) is 4.02. The van der Waals surface area contributed by atoms with E-state index in [0.29, 0.717) is 23.0 Å². The van der Waals surface area contributed by atoms with Crippen molar-refractivity contribution in [1.82, 2.24) is 5.32 Å². The maximum Gasteiger partial charge on any atom is 0.275 e. The predicted octanol–water partition coefficient (Wildman–Crippen LogP) is 3.59. The number of benzene rings is 2. The molecule has 0 bridgehead atoms. The van der Waals surface area contributed by atoms with E-state index in [2.05, 4.69) is 10.3 Å². The maximum atomic E-state index is 12.9. The molecule has 0 saturated carbocycles. The lowest BCUT2D eigenvalue weighted by molar-refractivity contribution is -0.115. The van der Waals surface area contributed by atoms with Gasteiger partial charge in [0.05, 0.1) is 0 Å². The van der Waals surface area contributed by atoms with Gasteiger partial charge in [0, 0.05) is 11.4 Å². The lowest BCUT2D eigenvalue weighted by Crippen LogP contribution is -2.25. The van der Waals surface area contributed by atoms with Gasteiger partial charge in [-0.15, -0.1) is 0 Å². The van der Waals surface area contributed by atoms with Gasteiger partial charge in [0.2, 0.25) is 0 Å². The predicted molar refractivity (Wildman–Crippen MR) is 85.1 cm³/mol. The average Bonchev–Trinajstić information content (AvgIpc) is 2.84. The molecule has 1 heterocycles. The van der Waals surface area contributed by atoms with Crippen LogP contribution in [0, 0.1) is 5.82 Å². The van der Waals surface area contributed by atoms with Gasteiger partial charge >= 0.3 is 0 Å². The fourth-order valence-electron chi connectivity index (χ4n) is 2.11. The maximum absolute atomic E-state index is 12.9. The third kappa shape index (κ3) is 3.40. The first-order valence-electron chi connectivity index (χ1n) is 6.71. The van der Waals surface area contributed by atoms with Crippen LogP contribution in [0.1, 0.15) is 11.1 Å². The van der Waals surface area contributed by atoms with Gasteiger partial charge < -0.3 is 5.32 Å². The van der Waals surface area contributed by atoms with Crippen LogP contribution in [0.2, 0.25) is 5.02 Å². The second-order valence-corrected chi connectivity index (χ2v) is 5.33. The highest BCUT2D eigenvalue weighted by atomic mass is 35.5. The number of amides is 1. The molecular weight excluding hydrogens is 303 g/mol. The number of nitrogens with zero attached hydrogens (tertiary/aromatic N) is 1. The molecule has 5 heteroatoms. The lowest BCUT2D eigenvalue weighted by atomic mass is 10.1. The van der Waals surface area contributed by atoms with Crippen LogP contribution in [0.5, 0.6) is 0 Å². The fraction of sp³-hybridized carbons (Fsp3) is 0.0588. The van der Waals surface area contributed by atoms with E-state index < -0.39 is 0 Å². The molecule has 110 valence electrons. The Morgan fingerprint density at radius 1 is 1.09 bits per heavy atom. The van der Waals surface area contributed by atoms with E-state index in [1.807, 2.05) is 12.1 Å². The first-order chi connectivity index (χ1) is 10.6. The number of amidine groups is 1. The third-order valence-electron chi connectivity index (χ3n) is 3.20. The zero-order valence-corrected chi connectivity index (χ0v) is 12.3. The summed E-state index contributed by atoms with van der Waals surface area (Å²) in [5.74, 6) is 0.0129. The standard InChI is InChI=1S/C17H12ClFN2O/c18-13-5-1-12(2-6-13)10-16-20-15(17(22)21-16)9-11-3-7-14(19)8-4-11/h1-9H,10H2,(H,20,21,22)/b15-9+. The molecule has 1 amide bonds. The van der Waals surface area contributed by atoms with E-state index in [0.717, 1.165) is 11.1 Å². The second-order valence-electron chi connectivity index (χ2n) is 4.90. The van der Waals surface area contributed by atoms with E-state index in [4.69, 9.17) is 11.6 Å². The highest BCUT2D eigenvalue weighted by Crippen LogP contribution is 2.15. The van der Waals surface area contributed by atoms with Crippen molar-refractivity contribution >= 4 is 29.4 Å². The molecule has 2 aromatic rings. The topological polar surface area (TPSA) is 41.5 Å². The molecule has 0 spiro atoms. The minimum atomic E-state index is -0.315. The van der Waals surface area contributed by atoms with Gasteiger partial charge in [0.25, 0.3) is 5.91 Å². The smallest absolute Gasteiger partial charge is 0.275 e. The highest BCUT2D eigenvalue weighted by molar-refractivity contribution is 6.30. The molecule has 0 aromatic heterocycles. The first kappa shape index (κ1) is 14.5. The monoisotopic (exact) mass is 314 g/mol. The molecule has 1 aliphatic heterocycles. The van der Waals surface area contributed by atoms with Crippen molar-refractivity contribution in [2.75, 3.05) is 0 Å². The van der Waals surface area contributed by atoms with Crippen molar-refractivity contribution in [1.29, 1.82) is 0 Å². The van der Waals surface area contributed by atoms with Crippen LogP contribution < -0.4 is 5.32 Å². The largest absolute Gasteiger partial charge is 0.308 e. The van der Waals surface area contributed by atoms with Crippen LogP contribution >= 0.6 is 11.6 Å². The van der Waals surface area contributed by atoms with Crippen molar-refractivity contribution in [2.45, 2.75) is 6.42 Å². The molecular formula is C17H12ClFN2O. The van der Waals surface area contributed by atoms with Crippen LogP contribution in [-0.4, -0.2) is 11.7 Å². The number of hydrogen-bond acceptors (Lipinski definition) is 2. The SMILES string of the molecule is O=C1NC(Cc2ccc(Cl)cc2)=N/C1=C/c1ccc(F)cc1. The van der Waals surface area contributed by atoms with Gasteiger partial charge in [0.15, 0.2) is 0 Å². The van der Waals surface area contributed by atoms with Crippen molar-refractivity contribution in [3.8, 4) is 0 Å². The van der Waals surface area contributed by atoms with E-state index in [9.17, 15) is 9.18 Å². The summed E-state index contributed by atoms with van der Waals surface area (Å²) in [4.78, 5) is 16.2. The molecule has 1 N–H and O–H groups in total. The minimum Gasteiger partial charge on any atom is -0.308 e. The molecule has 0 saturated heterocycles. The van der Waals surface area contributed by atoms with Crippen LogP contribution in [0.3, 0.4) is 0 Å². The fourth-order valence-corrected chi connectivity index (χ4v) is 2.24. The van der Waals surface area contributed by atoms with Gasteiger partial charge in [0.1, 0.15) is 17.3 Å². The summed E-state index contributed by atoms with van der Waals surface area (Å²) in [6, 6.07) is 13.3. The second kappa shape index (κ2) is 6.12. The Balaban J connectivity index is 1.79. The molecule has 0 radical (unpaired) electrons. The van der Waals surface area contributed by atoms with E-state index in [-0.39, 0.29) is 11.7 Å². The van der Waals surface area contributed by atoms with Gasteiger partial charge in [-0.25, -0.2) is 9.38 Å². The number of hydrogen-bond donors (Lipinski definition) is 1. The molecule has 0 atom stereocenters. The van der Waals surface area contributed by atoms with Gasteiger partial charge in [-0.3, -0.25) is 4.79 Å². The van der Waals surface area contributed by atoms with Crippen molar-refractivity contribution in [3.05, 3.63) is 76.2 Å². The lowest BCUT2D eigenvalue weighted by Gasteiger charge is -2.00. The molecule has 1 aliphatic rings. The molecule has 0 fully saturated rings. The number of nitrogens with one attached hydrogen (secondary N) is 1. The molecule has 22 heavy (non-hydrogen) atoms. The zero-order valence-electron chi connectivity index (χ0n) is 11.5. The molecule has 0 unspecified atom stereocenters. The number of halogens is 2. The Morgan fingerprint density at radius 3 is 2.45 bits per heavy atom. The summed E-state index contributed by atoms with van der Waals surface area (Å²) in [7, 11) is 0. The summed E-state index contributed by atoms with van der Waals surface area (Å²) in [5, 5.41) is 3.40. The number of carbonyl (C=O) groups excluding carboxylic acids is 1. The Morgan fingerprint density at radius 2 is 1.77 bits per heavy atom. The van der Waals surface area contributed by atoms with E-state index >= 15 is 0 Å². The van der Waals surface area contributed by atoms with Crippen LogP contribution in [0.25, 0.3) is 6.08 Å². The Labute approximate surface area is 132 Å². The van der Waals surface area contributed by atoms with Crippen molar-refractivity contribution in [3.63, 3.8) is 0 Å². The van der Waals surface area contributed by atoms with E-state index in [1.54, 1.807) is 30.3 Å². The molecule has 3 nitrogen and oxygen atoms in total. The third-order valence-corrected chi connectivity index (χ3v) is 3.46. The summed E-state index contributed by atoms with van der Waals surface area (Å²) in [6.07, 6.45) is 2.15. The quantitative estimate of drug-likeness (QED) is 0.864. The van der Waals surface area contributed by atoms with Gasteiger partial charge in [-0.2, -0.15) is 0 Å². The summed E-state index contributed by atoms with van der Waals surface area (Å²) >= 11 is 5.84. The molecule has 3 rings (SSSR count).